The summed E-state index contributed by atoms with van der Waals surface area (Å²) in [5, 5.41) is 10.9. The van der Waals surface area contributed by atoms with Crippen LogP contribution in [0.3, 0.4) is 0 Å². The first-order chi connectivity index (χ1) is 10.3. The summed E-state index contributed by atoms with van der Waals surface area (Å²) in [6, 6.07) is 9.61. The maximum atomic E-state index is 12.2. The molecule has 2 atom stereocenters. The van der Waals surface area contributed by atoms with E-state index in [0.29, 0.717) is 6.42 Å². The van der Waals surface area contributed by atoms with Crippen molar-refractivity contribution in [3.63, 3.8) is 0 Å². The SMILES string of the molecule is COC(CN1C(=O)OC(C)(Cc2ccccc2)C1(C)O)OC. The summed E-state index contributed by atoms with van der Waals surface area (Å²) >= 11 is 0. The van der Waals surface area contributed by atoms with Crippen LogP contribution in [0.4, 0.5) is 4.79 Å². The van der Waals surface area contributed by atoms with Crippen LogP contribution in [-0.4, -0.2) is 54.5 Å². The number of rotatable bonds is 6. The van der Waals surface area contributed by atoms with Crippen LogP contribution in [0.2, 0.25) is 0 Å². The lowest BCUT2D eigenvalue weighted by molar-refractivity contribution is -0.168. The van der Waals surface area contributed by atoms with Crippen molar-refractivity contribution in [3.05, 3.63) is 35.9 Å². The van der Waals surface area contributed by atoms with Gasteiger partial charge in [-0.15, -0.1) is 0 Å². The highest BCUT2D eigenvalue weighted by molar-refractivity contribution is 5.72. The third-order valence-electron chi connectivity index (χ3n) is 4.30. The molecule has 0 aromatic heterocycles. The molecule has 2 rings (SSSR count). The lowest BCUT2D eigenvalue weighted by atomic mass is 9.86. The standard InChI is InChI=1S/C16H23NO5/c1-15(10-12-8-6-5-7-9-12)16(2,19)17(14(18)22-15)11-13(20-3)21-4/h5-9,13,19H,10-11H2,1-4H3. The molecule has 0 radical (unpaired) electrons. The van der Waals surface area contributed by atoms with Gasteiger partial charge < -0.3 is 19.3 Å². The third-order valence-corrected chi connectivity index (χ3v) is 4.30. The topological polar surface area (TPSA) is 68.2 Å². The van der Waals surface area contributed by atoms with E-state index in [1.165, 1.54) is 19.1 Å². The smallest absolute Gasteiger partial charge is 0.413 e. The quantitative estimate of drug-likeness (QED) is 0.811. The summed E-state index contributed by atoms with van der Waals surface area (Å²) in [5.41, 5.74) is -1.55. The first-order valence-electron chi connectivity index (χ1n) is 7.16. The molecule has 0 spiro atoms. The zero-order valence-electron chi connectivity index (χ0n) is 13.4. The van der Waals surface area contributed by atoms with Crippen LogP contribution in [0.25, 0.3) is 0 Å². The van der Waals surface area contributed by atoms with Crippen LogP contribution in [0, 0.1) is 0 Å². The van der Waals surface area contributed by atoms with Gasteiger partial charge in [-0.25, -0.2) is 4.79 Å². The van der Waals surface area contributed by atoms with Crippen molar-refractivity contribution in [1.82, 2.24) is 4.90 Å². The number of aliphatic hydroxyl groups is 1. The highest BCUT2D eigenvalue weighted by Crippen LogP contribution is 2.39. The Morgan fingerprint density at radius 3 is 2.36 bits per heavy atom. The predicted molar refractivity (Wildman–Crippen MR) is 80.2 cm³/mol. The van der Waals surface area contributed by atoms with Crippen LogP contribution < -0.4 is 0 Å². The Morgan fingerprint density at radius 1 is 1.23 bits per heavy atom. The zero-order valence-corrected chi connectivity index (χ0v) is 13.4. The van der Waals surface area contributed by atoms with Crippen LogP contribution in [0.1, 0.15) is 19.4 Å². The van der Waals surface area contributed by atoms with Gasteiger partial charge in [-0.05, 0) is 19.4 Å². The Kier molecular flexibility index (Phi) is 4.75. The Bertz CT molecular complexity index is 515. The molecule has 1 fully saturated rings. The van der Waals surface area contributed by atoms with Crippen LogP contribution in [0.15, 0.2) is 30.3 Å². The van der Waals surface area contributed by atoms with Gasteiger partial charge in [0.15, 0.2) is 17.6 Å². The largest absolute Gasteiger partial charge is 0.438 e. The van der Waals surface area contributed by atoms with Gasteiger partial charge >= 0.3 is 6.09 Å². The molecule has 1 aliphatic rings. The summed E-state index contributed by atoms with van der Waals surface area (Å²) in [6.45, 7) is 3.39. The second kappa shape index (κ2) is 6.24. The molecule has 6 heteroatoms. The van der Waals surface area contributed by atoms with Crippen molar-refractivity contribution in [3.8, 4) is 0 Å². The van der Waals surface area contributed by atoms with E-state index in [4.69, 9.17) is 14.2 Å². The molecule has 1 amide bonds. The monoisotopic (exact) mass is 309 g/mol. The number of carbonyl (C=O) groups excluding carboxylic acids is 1. The molecule has 1 aromatic rings. The second-order valence-corrected chi connectivity index (χ2v) is 5.79. The lowest BCUT2D eigenvalue weighted by Gasteiger charge is -2.38. The number of benzene rings is 1. The summed E-state index contributed by atoms with van der Waals surface area (Å²) in [5.74, 6) is 0. The van der Waals surface area contributed by atoms with Gasteiger partial charge in [0.1, 0.15) is 0 Å². The number of methoxy groups -OCH3 is 2. The van der Waals surface area contributed by atoms with E-state index in [1.807, 2.05) is 30.3 Å². The Hall–Kier alpha value is -1.63. The van der Waals surface area contributed by atoms with Gasteiger partial charge in [0, 0.05) is 20.6 Å². The highest BCUT2D eigenvalue weighted by Gasteiger charge is 2.59. The molecule has 1 N–H and O–H groups in total. The first-order valence-corrected chi connectivity index (χ1v) is 7.16. The predicted octanol–water partition coefficient (Wildman–Crippen LogP) is 1.77. The summed E-state index contributed by atoms with van der Waals surface area (Å²) in [6.07, 6.45) is -0.797. The second-order valence-electron chi connectivity index (χ2n) is 5.79. The fourth-order valence-corrected chi connectivity index (χ4v) is 2.64. The number of cyclic esters (lactones) is 1. The lowest BCUT2D eigenvalue weighted by Crippen LogP contribution is -2.57. The van der Waals surface area contributed by atoms with Crippen molar-refractivity contribution in [2.45, 2.75) is 37.9 Å². The molecule has 1 saturated heterocycles. The Balaban J connectivity index is 2.22. The van der Waals surface area contributed by atoms with E-state index >= 15 is 0 Å². The minimum Gasteiger partial charge on any atom is -0.438 e. The van der Waals surface area contributed by atoms with Crippen LogP contribution in [0.5, 0.6) is 0 Å². The van der Waals surface area contributed by atoms with E-state index in [-0.39, 0.29) is 6.54 Å². The van der Waals surface area contributed by atoms with Crippen molar-refractivity contribution in [1.29, 1.82) is 0 Å². The molecular formula is C16H23NO5. The van der Waals surface area contributed by atoms with Crippen LogP contribution in [-0.2, 0) is 20.6 Å². The zero-order chi connectivity index (χ0) is 16.4. The molecule has 0 saturated carbocycles. The van der Waals surface area contributed by atoms with Crippen molar-refractivity contribution >= 4 is 6.09 Å². The molecule has 6 nitrogen and oxygen atoms in total. The number of nitrogens with zero attached hydrogens (tertiary/aromatic N) is 1. The maximum absolute atomic E-state index is 12.2. The number of hydrogen-bond acceptors (Lipinski definition) is 5. The minimum absolute atomic E-state index is 0.0865. The molecule has 1 aliphatic heterocycles. The van der Waals surface area contributed by atoms with Crippen molar-refractivity contribution in [2.24, 2.45) is 0 Å². The molecule has 0 bridgehead atoms. The van der Waals surface area contributed by atoms with E-state index in [9.17, 15) is 9.90 Å². The number of amides is 1. The molecule has 0 aliphatic carbocycles. The van der Waals surface area contributed by atoms with E-state index in [1.54, 1.807) is 13.8 Å². The van der Waals surface area contributed by atoms with Crippen molar-refractivity contribution in [2.75, 3.05) is 20.8 Å². The van der Waals surface area contributed by atoms with Gasteiger partial charge in [-0.2, -0.15) is 0 Å². The molecule has 22 heavy (non-hydrogen) atoms. The highest BCUT2D eigenvalue weighted by atomic mass is 16.7. The van der Waals surface area contributed by atoms with E-state index < -0.39 is 23.7 Å². The van der Waals surface area contributed by atoms with Gasteiger partial charge in [0.05, 0.1) is 6.54 Å². The Morgan fingerprint density at radius 2 is 1.82 bits per heavy atom. The average Bonchev–Trinajstić information content (AvgIpc) is 2.64. The summed E-state index contributed by atoms with van der Waals surface area (Å²) in [4.78, 5) is 13.4. The first kappa shape index (κ1) is 16.7. The minimum atomic E-state index is -1.48. The molecule has 2 unspecified atom stereocenters. The molecule has 122 valence electrons. The molecule has 1 heterocycles. The van der Waals surface area contributed by atoms with Crippen molar-refractivity contribution < 1.29 is 24.1 Å². The molecule has 1 aromatic carbocycles. The summed E-state index contributed by atoms with van der Waals surface area (Å²) in [7, 11) is 2.96. The molecular weight excluding hydrogens is 286 g/mol. The fourth-order valence-electron chi connectivity index (χ4n) is 2.64. The maximum Gasteiger partial charge on any atom is 0.413 e. The number of ether oxygens (including phenoxy) is 3. The Labute approximate surface area is 130 Å². The number of carbonyl (C=O) groups is 1. The van der Waals surface area contributed by atoms with E-state index in [0.717, 1.165) is 5.56 Å². The number of hydrogen-bond donors (Lipinski definition) is 1. The fraction of sp³-hybridized carbons (Fsp3) is 0.562. The van der Waals surface area contributed by atoms with E-state index in [2.05, 4.69) is 0 Å². The third kappa shape index (κ3) is 2.95. The average molecular weight is 309 g/mol. The van der Waals surface area contributed by atoms with Gasteiger partial charge in [-0.1, -0.05) is 30.3 Å². The normalized spacial score (nSPS) is 28.3. The summed E-state index contributed by atoms with van der Waals surface area (Å²) < 4.78 is 15.7. The van der Waals surface area contributed by atoms with Gasteiger partial charge in [0.25, 0.3) is 0 Å². The van der Waals surface area contributed by atoms with Gasteiger partial charge in [0.2, 0.25) is 0 Å². The van der Waals surface area contributed by atoms with Gasteiger partial charge in [-0.3, -0.25) is 4.90 Å². The van der Waals surface area contributed by atoms with Crippen LogP contribution >= 0.6 is 0 Å².